The summed E-state index contributed by atoms with van der Waals surface area (Å²) in [5, 5.41) is 11.7. The summed E-state index contributed by atoms with van der Waals surface area (Å²) < 4.78 is 0.580. The van der Waals surface area contributed by atoms with Crippen LogP contribution in [0.15, 0.2) is 22.7 Å². The smallest absolute Gasteiger partial charge is 0.335 e. The van der Waals surface area contributed by atoms with Gasteiger partial charge in [-0.2, -0.15) is 0 Å². The molecule has 0 spiro atoms. The number of carbonyl (C=O) groups excluding carboxylic acids is 1. The van der Waals surface area contributed by atoms with Crippen LogP contribution >= 0.6 is 15.9 Å². The largest absolute Gasteiger partial charge is 0.478 e. The molecule has 1 aromatic carbocycles. The molecule has 0 saturated carbocycles. The predicted octanol–water partition coefficient (Wildman–Crippen LogP) is 2.92. The lowest BCUT2D eigenvalue weighted by Crippen LogP contribution is -2.25. The number of carbonyl (C=O) groups is 2. The van der Waals surface area contributed by atoms with Crippen molar-refractivity contribution in [3.8, 4) is 0 Å². The van der Waals surface area contributed by atoms with E-state index in [4.69, 9.17) is 5.11 Å². The molecule has 1 aromatic rings. The fourth-order valence-electron chi connectivity index (χ4n) is 1.42. The van der Waals surface area contributed by atoms with Crippen molar-refractivity contribution in [2.45, 2.75) is 20.3 Å². The van der Waals surface area contributed by atoms with Crippen molar-refractivity contribution in [1.82, 2.24) is 5.32 Å². The highest BCUT2D eigenvalue weighted by molar-refractivity contribution is 9.10. The zero-order chi connectivity index (χ0) is 13.7. The lowest BCUT2D eigenvalue weighted by molar-refractivity contribution is 0.0697. The Morgan fingerprint density at radius 2 is 1.89 bits per heavy atom. The Hall–Kier alpha value is -1.36. The van der Waals surface area contributed by atoms with Gasteiger partial charge in [0, 0.05) is 16.6 Å². The Bertz CT molecular complexity index is 458. The normalized spacial score (nSPS) is 10.4. The number of amides is 1. The van der Waals surface area contributed by atoms with E-state index in [1.165, 1.54) is 12.1 Å². The zero-order valence-electron chi connectivity index (χ0n) is 10.4. The van der Waals surface area contributed by atoms with Crippen molar-refractivity contribution in [3.63, 3.8) is 0 Å². The van der Waals surface area contributed by atoms with Crippen molar-refractivity contribution in [2.75, 3.05) is 6.54 Å². The van der Waals surface area contributed by atoms with Gasteiger partial charge in [0.15, 0.2) is 0 Å². The van der Waals surface area contributed by atoms with E-state index in [-0.39, 0.29) is 11.5 Å². The van der Waals surface area contributed by atoms with Crippen LogP contribution in [-0.2, 0) is 0 Å². The Morgan fingerprint density at radius 1 is 1.28 bits per heavy atom. The monoisotopic (exact) mass is 313 g/mol. The van der Waals surface area contributed by atoms with E-state index in [2.05, 4.69) is 35.1 Å². The minimum atomic E-state index is -1.05. The first-order valence-electron chi connectivity index (χ1n) is 5.72. The molecule has 1 rings (SSSR count). The number of rotatable bonds is 5. The van der Waals surface area contributed by atoms with E-state index >= 15 is 0 Å². The molecule has 5 heteroatoms. The topological polar surface area (TPSA) is 66.4 Å². The summed E-state index contributed by atoms with van der Waals surface area (Å²) >= 11 is 3.20. The summed E-state index contributed by atoms with van der Waals surface area (Å²) in [7, 11) is 0. The summed E-state index contributed by atoms with van der Waals surface area (Å²) in [6, 6.07) is 4.45. The highest BCUT2D eigenvalue weighted by atomic mass is 79.9. The lowest BCUT2D eigenvalue weighted by Gasteiger charge is -2.08. The predicted molar refractivity (Wildman–Crippen MR) is 72.9 cm³/mol. The van der Waals surface area contributed by atoms with Crippen LogP contribution in [0.2, 0.25) is 0 Å². The van der Waals surface area contributed by atoms with E-state index in [0.717, 1.165) is 6.42 Å². The van der Waals surface area contributed by atoms with Gasteiger partial charge < -0.3 is 10.4 Å². The summed E-state index contributed by atoms with van der Waals surface area (Å²) in [4.78, 5) is 22.7. The maximum absolute atomic E-state index is 11.8. The summed E-state index contributed by atoms with van der Waals surface area (Å²) in [5.74, 6) is -0.783. The fourth-order valence-corrected chi connectivity index (χ4v) is 1.91. The average Bonchev–Trinajstić information content (AvgIpc) is 2.27. The molecular weight excluding hydrogens is 298 g/mol. The second-order valence-corrected chi connectivity index (χ2v) is 5.39. The van der Waals surface area contributed by atoms with Gasteiger partial charge in [0.2, 0.25) is 0 Å². The molecule has 0 aliphatic rings. The summed E-state index contributed by atoms with van der Waals surface area (Å²) in [5.41, 5.74) is 0.448. The number of carboxylic acids is 1. The molecule has 0 unspecified atom stereocenters. The third-order valence-electron chi connectivity index (χ3n) is 2.41. The Kier molecular flexibility index (Phi) is 5.34. The molecule has 0 fully saturated rings. The van der Waals surface area contributed by atoms with Gasteiger partial charge in [0.1, 0.15) is 0 Å². The Balaban J connectivity index is 2.76. The molecule has 0 radical (unpaired) electrons. The minimum absolute atomic E-state index is 0.0957. The molecule has 0 atom stereocenters. The van der Waals surface area contributed by atoms with Gasteiger partial charge in [-0.3, -0.25) is 4.79 Å². The fraction of sp³-hybridized carbons (Fsp3) is 0.385. The SMILES string of the molecule is CC(C)CCNC(=O)c1cc(Br)cc(C(=O)O)c1. The maximum Gasteiger partial charge on any atom is 0.335 e. The Morgan fingerprint density at radius 3 is 2.44 bits per heavy atom. The first kappa shape index (κ1) is 14.7. The van der Waals surface area contributed by atoms with Crippen molar-refractivity contribution in [1.29, 1.82) is 0 Å². The number of nitrogens with one attached hydrogen (secondary N) is 1. The molecule has 0 bridgehead atoms. The molecule has 0 aliphatic carbocycles. The van der Waals surface area contributed by atoms with Crippen molar-refractivity contribution < 1.29 is 14.7 Å². The molecule has 0 aromatic heterocycles. The van der Waals surface area contributed by atoms with Gasteiger partial charge in [-0.05, 0) is 30.5 Å². The van der Waals surface area contributed by atoms with Crippen LogP contribution < -0.4 is 5.32 Å². The van der Waals surface area contributed by atoms with Crippen molar-refractivity contribution in [2.24, 2.45) is 5.92 Å². The summed E-state index contributed by atoms with van der Waals surface area (Å²) in [6.45, 7) is 4.74. The molecule has 1 amide bonds. The average molecular weight is 314 g/mol. The molecule has 0 heterocycles. The van der Waals surface area contributed by atoms with Crippen LogP contribution in [0.1, 0.15) is 41.0 Å². The first-order valence-corrected chi connectivity index (χ1v) is 6.51. The first-order chi connectivity index (χ1) is 8.40. The van der Waals surface area contributed by atoms with Crippen molar-refractivity contribution >= 4 is 27.8 Å². The van der Waals surface area contributed by atoms with E-state index < -0.39 is 5.97 Å². The van der Waals surface area contributed by atoms with Crippen LogP contribution in [0, 0.1) is 5.92 Å². The Labute approximate surface area is 115 Å². The van der Waals surface area contributed by atoms with Crippen LogP contribution in [0.25, 0.3) is 0 Å². The van der Waals surface area contributed by atoms with Gasteiger partial charge >= 0.3 is 5.97 Å². The van der Waals surface area contributed by atoms with E-state index in [1.54, 1.807) is 6.07 Å². The minimum Gasteiger partial charge on any atom is -0.478 e. The lowest BCUT2D eigenvalue weighted by atomic mass is 10.1. The second-order valence-electron chi connectivity index (χ2n) is 4.47. The third-order valence-corrected chi connectivity index (χ3v) is 2.87. The van der Waals surface area contributed by atoms with E-state index in [0.29, 0.717) is 22.5 Å². The maximum atomic E-state index is 11.8. The molecule has 18 heavy (non-hydrogen) atoms. The number of carboxylic acid groups (broad SMARTS) is 1. The number of aromatic carboxylic acids is 1. The quantitative estimate of drug-likeness (QED) is 0.878. The molecule has 2 N–H and O–H groups in total. The zero-order valence-corrected chi connectivity index (χ0v) is 12.0. The van der Waals surface area contributed by atoms with Crippen LogP contribution in [-0.4, -0.2) is 23.5 Å². The van der Waals surface area contributed by atoms with Gasteiger partial charge in [-0.25, -0.2) is 4.79 Å². The number of hydrogen-bond donors (Lipinski definition) is 2. The van der Waals surface area contributed by atoms with Crippen LogP contribution in [0.3, 0.4) is 0 Å². The molecule has 0 aliphatic heterocycles. The second kappa shape index (κ2) is 6.54. The number of halogens is 1. The van der Waals surface area contributed by atoms with Gasteiger partial charge in [0.25, 0.3) is 5.91 Å². The van der Waals surface area contributed by atoms with E-state index in [1.807, 2.05) is 0 Å². The summed E-state index contributed by atoms with van der Waals surface area (Å²) in [6.07, 6.45) is 0.894. The number of hydrogen-bond acceptors (Lipinski definition) is 2. The molecule has 98 valence electrons. The highest BCUT2D eigenvalue weighted by Gasteiger charge is 2.11. The van der Waals surface area contributed by atoms with Gasteiger partial charge in [-0.15, -0.1) is 0 Å². The standard InChI is InChI=1S/C13H16BrNO3/c1-8(2)3-4-15-12(16)9-5-10(13(17)18)7-11(14)6-9/h5-8H,3-4H2,1-2H3,(H,15,16)(H,17,18). The molecule has 0 saturated heterocycles. The number of benzene rings is 1. The van der Waals surface area contributed by atoms with Crippen LogP contribution in [0.4, 0.5) is 0 Å². The van der Waals surface area contributed by atoms with Crippen molar-refractivity contribution in [3.05, 3.63) is 33.8 Å². The molecule has 4 nitrogen and oxygen atoms in total. The van der Waals surface area contributed by atoms with Crippen LogP contribution in [0.5, 0.6) is 0 Å². The third kappa shape index (κ3) is 4.49. The van der Waals surface area contributed by atoms with Gasteiger partial charge in [-0.1, -0.05) is 29.8 Å². The van der Waals surface area contributed by atoms with E-state index in [9.17, 15) is 9.59 Å². The molecular formula is C13H16BrNO3. The van der Waals surface area contributed by atoms with Gasteiger partial charge in [0.05, 0.1) is 5.56 Å². The highest BCUT2D eigenvalue weighted by Crippen LogP contribution is 2.16.